The molecule has 2 N–H and O–H groups in total. The van der Waals surface area contributed by atoms with Crippen LogP contribution in [0.1, 0.15) is 39.5 Å². The lowest BCUT2D eigenvalue weighted by atomic mass is 9.44. The molecule has 0 aromatic heterocycles. The van der Waals surface area contributed by atoms with Gasteiger partial charge in [-0.2, -0.15) is 0 Å². The largest absolute Gasteiger partial charge is 0.369 e. The van der Waals surface area contributed by atoms with Crippen molar-refractivity contribution < 1.29 is 4.79 Å². The number of primary amides is 1. The molecular formula is C12H19NO. The molecule has 2 heteroatoms. The second-order valence-corrected chi connectivity index (χ2v) is 6.24. The molecular weight excluding hydrogens is 174 g/mol. The van der Waals surface area contributed by atoms with Crippen LogP contribution in [-0.4, -0.2) is 5.91 Å². The van der Waals surface area contributed by atoms with E-state index in [0.29, 0.717) is 10.8 Å². The molecule has 4 aliphatic rings. The van der Waals surface area contributed by atoms with Crippen molar-refractivity contribution in [1.82, 2.24) is 0 Å². The molecule has 3 unspecified atom stereocenters. The molecule has 4 saturated carbocycles. The average Bonchev–Trinajstić information content (AvgIpc) is 2.79. The van der Waals surface area contributed by atoms with Gasteiger partial charge in [-0.25, -0.2) is 0 Å². The molecule has 1 spiro atoms. The van der Waals surface area contributed by atoms with Gasteiger partial charge in [-0.05, 0) is 48.3 Å². The molecule has 78 valence electrons. The van der Waals surface area contributed by atoms with Gasteiger partial charge < -0.3 is 5.73 Å². The second-order valence-electron chi connectivity index (χ2n) is 6.24. The fourth-order valence-electron chi connectivity index (χ4n) is 4.47. The van der Waals surface area contributed by atoms with Crippen molar-refractivity contribution in [3.8, 4) is 0 Å². The van der Waals surface area contributed by atoms with Gasteiger partial charge in [0.1, 0.15) is 0 Å². The monoisotopic (exact) mass is 193 g/mol. The van der Waals surface area contributed by atoms with Crippen LogP contribution in [-0.2, 0) is 4.79 Å². The molecule has 4 rings (SSSR count). The highest BCUT2D eigenvalue weighted by Gasteiger charge is 2.71. The minimum Gasteiger partial charge on any atom is -0.369 e. The van der Waals surface area contributed by atoms with E-state index in [4.69, 9.17) is 5.73 Å². The van der Waals surface area contributed by atoms with E-state index in [1.807, 2.05) is 0 Å². The van der Waals surface area contributed by atoms with Crippen molar-refractivity contribution in [2.45, 2.75) is 39.5 Å². The zero-order valence-corrected chi connectivity index (χ0v) is 9.05. The molecule has 0 aromatic rings. The molecule has 14 heavy (non-hydrogen) atoms. The van der Waals surface area contributed by atoms with E-state index in [-0.39, 0.29) is 11.8 Å². The molecule has 2 bridgehead atoms. The van der Waals surface area contributed by atoms with Gasteiger partial charge in [-0.15, -0.1) is 0 Å². The van der Waals surface area contributed by atoms with E-state index in [1.54, 1.807) is 0 Å². The Kier molecular flexibility index (Phi) is 1.36. The Morgan fingerprint density at radius 2 is 2.14 bits per heavy atom. The number of hydrogen-bond donors (Lipinski definition) is 1. The van der Waals surface area contributed by atoms with Crippen LogP contribution in [0.15, 0.2) is 0 Å². The van der Waals surface area contributed by atoms with Crippen LogP contribution in [0.3, 0.4) is 0 Å². The van der Waals surface area contributed by atoms with Gasteiger partial charge in [0.25, 0.3) is 0 Å². The van der Waals surface area contributed by atoms with Crippen molar-refractivity contribution >= 4 is 5.91 Å². The summed E-state index contributed by atoms with van der Waals surface area (Å²) >= 11 is 0. The summed E-state index contributed by atoms with van der Waals surface area (Å²) < 4.78 is 0. The predicted molar refractivity (Wildman–Crippen MR) is 54.3 cm³/mol. The molecule has 0 aromatic carbocycles. The molecule has 4 aliphatic carbocycles. The first-order chi connectivity index (χ1) is 6.48. The number of carbonyl (C=O) groups is 1. The minimum atomic E-state index is -0.0499. The number of rotatable bonds is 1. The molecule has 0 aliphatic heterocycles. The highest BCUT2D eigenvalue weighted by Crippen LogP contribution is 2.76. The Morgan fingerprint density at radius 3 is 2.57 bits per heavy atom. The first-order valence-electron chi connectivity index (χ1n) is 5.78. The Bertz CT molecular complexity index is 307. The topological polar surface area (TPSA) is 43.1 Å². The van der Waals surface area contributed by atoms with Gasteiger partial charge in [0.05, 0.1) is 0 Å². The van der Waals surface area contributed by atoms with Crippen LogP contribution in [0.5, 0.6) is 0 Å². The third-order valence-corrected chi connectivity index (χ3v) is 5.58. The summed E-state index contributed by atoms with van der Waals surface area (Å²) in [6.07, 6.45) is 5.03. The molecule has 2 nitrogen and oxygen atoms in total. The van der Waals surface area contributed by atoms with Gasteiger partial charge in [0.15, 0.2) is 0 Å². The number of nitrogens with two attached hydrogens (primary N) is 1. The van der Waals surface area contributed by atoms with Crippen LogP contribution in [0.2, 0.25) is 0 Å². The summed E-state index contributed by atoms with van der Waals surface area (Å²) in [7, 11) is 0. The van der Waals surface area contributed by atoms with E-state index in [1.165, 1.54) is 19.3 Å². The standard InChI is InChI=1S/C12H19NO/c1-11(2)7-3-4-12(9(11)5-7)6-8(12)10(13)14/h7-9H,3-6H2,1-2H3,(H2,13,14)/t7?,8-,9?,12?/m0/s1. The van der Waals surface area contributed by atoms with Crippen molar-refractivity contribution in [2.24, 2.45) is 34.3 Å². The fraction of sp³-hybridized carbons (Fsp3) is 0.917. The normalized spacial score (nSPS) is 52.6. The zero-order chi connectivity index (χ0) is 10.1. The van der Waals surface area contributed by atoms with Gasteiger partial charge in [-0.1, -0.05) is 13.8 Å². The molecule has 1 amide bonds. The van der Waals surface area contributed by atoms with E-state index < -0.39 is 0 Å². The maximum Gasteiger partial charge on any atom is 0.221 e. The number of hydrogen-bond acceptors (Lipinski definition) is 1. The second kappa shape index (κ2) is 2.17. The lowest BCUT2D eigenvalue weighted by molar-refractivity contribution is -0.134. The molecule has 0 heterocycles. The highest BCUT2D eigenvalue weighted by atomic mass is 16.1. The van der Waals surface area contributed by atoms with E-state index >= 15 is 0 Å². The summed E-state index contributed by atoms with van der Waals surface area (Å²) in [6.45, 7) is 4.76. The Morgan fingerprint density at radius 1 is 1.43 bits per heavy atom. The SMILES string of the molecule is CC1(C)C2CCC3(C[C@H]3C(N)=O)C1C2. The highest BCUT2D eigenvalue weighted by molar-refractivity contribution is 5.81. The Labute approximate surface area is 85.2 Å². The van der Waals surface area contributed by atoms with Gasteiger partial charge in [-0.3, -0.25) is 4.79 Å². The van der Waals surface area contributed by atoms with Crippen LogP contribution < -0.4 is 5.73 Å². The maximum atomic E-state index is 11.2. The third kappa shape index (κ3) is 0.768. The van der Waals surface area contributed by atoms with Gasteiger partial charge >= 0.3 is 0 Å². The molecule has 0 saturated heterocycles. The van der Waals surface area contributed by atoms with E-state index in [2.05, 4.69) is 13.8 Å². The predicted octanol–water partition coefficient (Wildman–Crippen LogP) is 1.93. The van der Waals surface area contributed by atoms with Crippen molar-refractivity contribution in [2.75, 3.05) is 0 Å². The number of carbonyl (C=O) groups excluding carboxylic acids is 1. The van der Waals surface area contributed by atoms with Crippen LogP contribution in [0.4, 0.5) is 0 Å². The first-order valence-corrected chi connectivity index (χ1v) is 5.78. The number of amides is 1. The van der Waals surface area contributed by atoms with E-state index in [9.17, 15) is 4.79 Å². The van der Waals surface area contributed by atoms with Crippen LogP contribution >= 0.6 is 0 Å². The third-order valence-electron chi connectivity index (χ3n) is 5.58. The summed E-state index contributed by atoms with van der Waals surface area (Å²) in [5, 5.41) is 0. The summed E-state index contributed by atoms with van der Waals surface area (Å²) in [6, 6.07) is 0. The maximum absolute atomic E-state index is 11.2. The smallest absolute Gasteiger partial charge is 0.221 e. The number of fused-ring (bicyclic) bond motifs is 1. The average molecular weight is 193 g/mol. The summed E-state index contributed by atoms with van der Waals surface area (Å²) in [5.74, 6) is 1.87. The quantitative estimate of drug-likeness (QED) is 0.679. The molecule has 4 atom stereocenters. The zero-order valence-electron chi connectivity index (χ0n) is 9.05. The molecule has 0 radical (unpaired) electrons. The Hall–Kier alpha value is -0.530. The van der Waals surface area contributed by atoms with Crippen LogP contribution in [0.25, 0.3) is 0 Å². The van der Waals surface area contributed by atoms with Crippen molar-refractivity contribution in [1.29, 1.82) is 0 Å². The van der Waals surface area contributed by atoms with Crippen molar-refractivity contribution in [3.63, 3.8) is 0 Å². The Balaban J connectivity index is 1.87. The van der Waals surface area contributed by atoms with E-state index in [0.717, 1.165) is 18.3 Å². The fourth-order valence-corrected chi connectivity index (χ4v) is 4.47. The van der Waals surface area contributed by atoms with Crippen LogP contribution in [0, 0.1) is 28.6 Å². The molecule has 4 fully saturated rings. The summed E-state index contributed by atoms with van der Waals surface area (Å²) in [4.78, 5) is 11.2. The lowest BCUT2D eigenvalue weighted by Gasteiger charge is -2.61. The first kappa shape index (κ1) is 8.75. The van der Waals surface area contributed by atoms with Crippen molar-refractivity contribution in [3.05, 3.63) is 0 Å². The van der Waals surface area contributed by atoms with Gasteiger partial charge in [0, 0.05) is 5.92 Å². The minimum absolute atomic E-state index is 0.0499. The lowest BCUT2D eigenvalue weighted by Crippen LogP contribution is -2.54. The van der Waals surface area contributed by atoms with Gasteiger partial charge in [0.2, 0.25) is 5.91 Å². The summed E-state index contributed by atoms with van der Waals surface area (Å²) in [5.41, 5.74) is 6.27.